The van der Waals surface area contributed by atoms with Gasteiger partial charge in [0.1, 0.15) is 0 Å². The highest BCUT2D eigenvalue weighted by atomic mass is 19.1. The van der Waals surface area contributed by atoms with Crippen molar-refractivity contribution in [2.24, 2.45) is 0 Å². The molecular weight excluding hydrogens is 187 g/mol. The Balaban J connectivity index is 0.000000791. The molecule has 0 bridgehead atoms. The zero-order valence-electron chi connectivity index (χ0n) is 9.09. The minimum atomic E-state index is -0.445. The summed E-state index contributed by atoms with van der Waals surface area (Å²) in [7, 11) is 0. The topological polar surface area (TPSA) is 35.5 Å². The minimum absolute atomic E-state index is 0.0700. The van der Waals surface area contributed by atoms with Crippen LogP contribution in [0.1, 0.15) is 40.0 Å². The molecule has 0 aromatic heterocycles. The van der Waals surface area contributed by atoms with Crippen molar-refractivity contribution < 1.29 is 18.7 Å². The number of carbonyl (C=O) groups excluding carboxylic acids is 1. The third-order valence-electron chi connectivity index (χ3n) is 1.80. The molecule has 0 N–H and O–H groups in total. The Bertz CT molecular complexity index is 161. The molecule has 1 heterocycles. The number of alkyl halides is 1. The van der Waals surface area contributed by atoms with E-state index in [4.69, 9.17) is 9.47 Å². The normalized spacial score (nSPS) is 25.1. The fourth-order valence-electron chi connectivity index (χ4n) is 1.28. The Morgan fingerprint density at radius 2 is 2.14 bits per heavy atom. The van der Waals surface area contributed by atoms with Crippen LogP contribution < -0.4 is 0 Å². The number of esters is 1. The molecule has 1 aliphatic rings. The first-order valence-electron chi connectivity index (χ1n) is 5.11. The predicted octanol–water partition coefficient (Wildman–Crippen LogP) is 2.44. The van der Waals surface area contributed by atoms with E-state index in [2.05, 4.69) is 0 Å². The van der Waals surface area contributed by atoms with E-state index in [1.54, 1.807) is 0 Å². The van der Waals surface area contributed by atoms with Crippen LogP contribution in [0.25, 0.3) is 0 Å². The highest BCUT2D eigenvalue weighted by Crippen LogP contribution is 2.22. The van der Waals surface area contributed by atoms with Crippen molar-refractivity contribution in [1.29, 1.82) is 0 Å². The highest BCUT2D eigenvalue weighted by Gasteiger charge is 2.26. The zero-order chi connectivity index (χ0) is 11.0. The summed E-state index contributed by atoms with van der Waals surface area (Å²) < 4.78 is 21.9. The van der Waals surface area contributed by atoms with Crippen molar-refractivity contribution in [3.8, 4) is 0 Å². The van der Waals surface area contributed by atoms with E-state index in [0.717, 1.165) is 6.42 Å². The summed E-state index contributed by atoms with van der Waals surface area (Å²) in [6.07, 6.45) is 1.35. The van der Waals surface area contributed by atoms with Crippen LogP contribution in [0.5, 0.6) is 0 Å². The number of ether oxygens (including phenoxy) is 2. The Morgan fingerprint density at radius 3 is 2.64 bits per heavy atom. The van der Waals surface area contributed by atoms with Gasteiger partial charge in [0.2, 0.25) is 6.29 Å². The van der Waals surface area contributed by atoms with Crippen molar-refractivity contribution >= 4 is 5.97 Å². The largest absolute Gasteiger partial charge is 0.436 e. The van der Waals surface area contributed by atoms with Gasteiger partial charge in [-0.15, -0.1) is 0 Å². The molecule has 0 spiro atoms. The van der Waals surface area contributed by atoms with Gasteiger partial charge in [-0.1, -0.05) is 13.8 Å². The summed E-state index contributed by atoms with van der Waals surface area (Å²) in [6.45, 7) is 4.96. The second-order valence-electron chi connectivity index (χ2n) is 2.85. The van der Waals surface area contributed by atoms with Crippen molar-refractivity contribution in [1.82, 2.24) is 0 Å². The molecule has 1 rings (SSSR count). The molecular formula is C10H19FO3. The van der Waals surface area contributed by atoms with Crippen LogP contribution in [0.2, 0.25) is 0 Å². The molecule has 0 aromatic rings. The third-order valence-corrected chi connectivity index (χ3v) is 1.80. The lowest BCUT2D eigenvalue weighted by Crippen LogP contribution is -2.17. The van der Waals surface area contributed by atoms with Crippen LogP contribution in [0, 0.1) is 0 Å². The molecule has 4 heteroatoms. The molecule has 2 atom stereocenters. The second kappa shape index (κ2) is 7.74. The van der Waals surface area contributed by atoms with Gasteiger partial charge in [0.15, 0.2) is 0 Å². The maximum absolute atomic E-state index is 11.8. The van der Waals surface area contributed by atoms with Crippen molar-refractivity contribution in [2.45, 2.75) is 52.4 Å². The quantitative estimate of drug-likeness (QED) is 0.665. The summed E-state index contributed by atoms with van der Waals surface area (Å²) in [5.74, 6) is -0.346. The molecule has 0 amide bonds. The van der Waals surface area contributed by atoms with Gasteiger partial charge < -0.3 is 9.47 Å². The Hall–Kier alpha value is -0.640. The summed E-state index contributed by atoms with van der Waals surface area (Å²) in [6, 6.07) is 0. The standard InChI is InChI=1S/C8H13FO3.C2H6/c1-6(10)11-8-3-2-7(12-8)4-5-9;1-2/h7-8H,2-5H2,1H3;1-2H3. The number of halogens is 1. The molecule has 1 aliphatic heterocycles. The van der Waals surface area contributed by atoms with Crippen molar-refractivity contribution in [3.63, 3.8) is 0 Å². The zero-order valence-corrected chi connectivity index (χ0v) is 9.09. The summed E-state index contributed by atoms with van der Waals surface area (Å²) in [5.41, 5.74) is 0. The van der Waals surface area contributed by atoms with E-state index in [9.17, 15) is 9.18 Å². The summed E-state index contributed by atoms with van der Waals surface area (Å²) in [5, 5.41) is 0. The van der Waals surface area contributed by atoms with Gasteiger partial charge >= 0.3 is 5.97 Å². The van der Waals surface area contributed by atoms with Gasteiger partial charge in [-0.2, -0.15) is 0 Å². The van der Waals surface area contributed by atoms with Crippen molar-refractivity contribution in [2.75, 3.05) is 6.67 Å². The van der Waals surface area contributed by atoms with Gasteiger partial charge in [0.05, 0.1) is 12.8 Å². The molecule has 2 unspecified atom stereocenters. The molecule has 0 radical (unpaired) electrons. The maximum atomic E-state index is 11.8. The van der Waals surface area contributed by atoms with Crippen LogP contribution in [0.3, 0.4) is 0 Å². The van der Waals surface area contributed by atoms with Gasteiger partial charge in [-0.05, 0) is 6.42 Å². The van der Waals surface area contributed by atoms with E-state index < -0.39 is 6.29 Å². The fraction of sp³-hybridized carbons (Fsp3) is 0.900. The number of carbonyl (C=O) groups is 1. The molecule has 0 saturated carbocycles. The fourth-order valence-corrected chi connectivity index (χ4v) is 1.28. The van der Waals surface area contributed by atoms with Crippen LogP contribution in [-0.4, -0.2) is 25.0 Å². The first kappa shape index (κ1) is 13.4. The van der Waals surface area contributed by atoms with E-state index in [0.29, 0.717) is 12.8 Å². The SMILES string of the molecule is CC.CC(=O)OC1CCC(CCF)O1. The Labute approximate surface area is 84.6 Å². The Kier molecular flexibility index (Phi) is 7.38. The molecule has 1 fully saturated rings. The first-order chi connectivity index (χ1) is 6.72. The van der Waals surface area contributed by atoms with Crippen LogP contribution in [-0.2, 0) is 14.3 Å². The Morgan fingerprint density at radius 1 is 1.50 bits per heavy atom. The van der Waals surface area contributed by atoms with E-state index in [1.165, 1.54) is 6.92 Å². The maximum Gasteiger partial charge on any atom is 0.304 e. The lowest BCUT2D eigenvalue weighted by molar-refractivity contribution is -0.173. The summed E-state index contributed by atoms with van der Waals surface area (Å²) >= 11 is 0. The van der Waals surface area contributed by atoms with Crippen LogP contribution in [0.4, 0.5) is 4.39 Å². The second-order valence-corrected chi connectivity index (χ2v) is 2.85. The van der Waals surface area contributed by atoms with E-state index in [-0.39, 0.29) is 18.7 Å². The monoisotopic (exact) mass is 206 g/mol. The van der Waals surface area contributed by atoms with Crippen LogP contribution in [0.15, 0.2) is 0 Å². The van der Waals surface area contributed by atoms with Crippen LogP contribution >= 0.6 is 0 Å². The lowest BCUT2D eigenvalue weighted by Gasteiger charge is -2.11. The van der Waals surface area contributed by atoms with Gasteiger partial charge in [0.25, 0.3) is 0 Å². The predicted molar refractivity (Wildman–Crippen MR) is 51.6 cm³/mol. The molecule has 84 valence electrons. The first-order valence-corrected chi connectivity index (χ1v) is 5.11. The highest BCUT2D eigenvalue weighted by molar-refractivity contribution is 5.66. The van der Waals surface area contributed by atoms with E-state index in [1.807, 2.05) is 13.8 Å². The number of rotatable bonds is 3. The number of hydrogen-bond acceptors (Lipinski definition) is 3. The van der Waals surface area contributed by atoms with Crippen molar-refractivity contribution in [3.05, 3.63) is 0 Å². The average molecular weight is 206 g/mol. The molecule has 0 aromatic carbocycles. The lowest BCUT2D eigenvalue weighted by atomic mass is 10.2. The minimum Gasteiger partial charge on any atom is -0.436 e. The van der Waals surface area contributed by atoms with Gasteiger partial charge in [0, 0.05) is 19.8 Å². The molecule has 3 nitrogen and oxygen atoms in total. The van der Waals surface area contributed by atoms with Gasteiger partial charge in [-0.25, -0.2) is 0 Å². The number of hydrogen-bond donors (Lipinski definition) is 0. The van der Waals surface area contributed by atoms with E-state index >= 15 is 0 Å². The smallest absolute Gasteiger partial charge is 0.304 e. The molecule has 1 saturated heterocycles. The third kappa shape index (κ3) is 5.17. The van der Waals surface area contributed by atoms with Gasteiger partial charge in [-0.3, -0.25) is 9.18 Å². The summed E-state index contributed by atoms with van der Waals surface area (Å²) in [4.78, 5) is 10.5. The molecule has 14 heavy (non-hydrogen) atoms. The molecule has 0 aliphatic carbocycles. The average Bonchev–Trinajstić information content (AvgIpc) is 2.56.